The van der Waals surface area contributed by atoms with Crippen LogP contribution in [-0.4, -0.2) is 15.0 Å². The van der Waals surface area contributed by atoms with Gasteiger partial charge in [-0.15, -0.1) is 0 Å². The number of hydrogen-bond donors (Lipinski definition) is 0. The SMILES string of the molecule is Cc1cc(Sc2ccccn2)cc(Sc2ccnc(C(C)C)n2)c1. The Morgan fingerprint density at radius 2 is 1.58 bits per heavy atom. The van der Waals surface area contributed by atoms with Crippen molar-refractivity contribution in [2.75, 3.05) is 0 Å². The molecule has 0 amide bonds. The van der Waals surface area contributed by atoms with E-state index < -0.39 is 0 Å². The molecule has 0 unspecified atom stereocenters. The first-order valence-electron chi connectivity index (χ1n) is 7.81. The van der Waals surface area contributed by atoms with E-state index in [-0.39, 0.29) is 0 Å². The van der Waals surface area contributed by atoms with E-state index in [4.69, 9.17) is 0 Å². The van der Waals surface area contributed by atoms with E-state index in [9.17, 15) is 0 Å². The van der Waals surface area contributed by atoms with Crippen LogP contribution in [0.15, 0.2) is 74.7 Å². The van der Waals surface area contributed by atoms with Crippen LogP contribution in [0.1, 0.15) is 31.2 Å². The molecule has 2 heterocycles. The summed E-state index contributed by atoms with van der Waals surface area (Å²) in [5, 5.41) is 1.98. The van der Waals surface area contributed by atoms with Crippen LogP contribution in [0.3, 0.4) is 0 Å². The van der Waals surface area contributed by atoms with Gasteiger partial charge in [0.1, 0.15) is 15.9 Å². The van der Waals surface area contributed by atoms with Crippen molar-refractivity contribution in [3.63, 3.8) is 0 Å². The maximum atomic E-state index is 4.64. The number of hydrogen-bond acceptors (Lipinski definition) is 5. The topological polar surface area (TPSA) is 38.7 Å². The van der Waals surface area contributed by atoms with Gasteiger partial charge < -0.3 is 0 Å². The molecule has 0 fully saturated rings. The fourth-order valence-corrected chi connectivity index (χ4v) is 4.12. The number of aromatic nitrogens is 3. The second-order valence-corrected chi connectivity index (χ2v) is 7.95. The molecule has 0 aliphatic rings. The third-order valence-electron chi connectivity index (χ3n) is 3.27. The predicted molar refractivity (Wildman–Crippen MR) is 99.8 cm³/mol. The molecule has 5 heteroatoms. The fraction of sp³-hybridized carbons (Fsp3) is 0.211. The second-order valence-electron chi connectivity index (χ2n) is 5.76. The average molecular weight is 354 g/mol. The highest BCUT2D eigenvalue weighted by Gasteiger charge is 2.07. The summed E-state index contributed by atoms with van der Waals surface area (Å²) < 4.78 is 0. The highest BCUT2D eigenvalue weighted by atomic mass is 32.2. The maximum absolute atomic E-state index is 4.64. The number of benzene rings is 1. The monoisotopic (exact) mass is 353 g/mol. The van der Waals surface area contributed by atoms with E-state index in [1.54, 1.807) is 23.5 Å². The minimum Gasteiger partial charge on any atom is -0.250 e. The van der Waals surface area contributed by atoms with Gasteiger partial charge >= 0.3 is 0 Å². The summed E-state index contributed by atoms with van der Waals surface area (Å²) in [7, 11) is 0. The highest BCUT2D eigenvalue weighted by molar-refractivity contribution is 8.00. The lowest BCUT2D eigenvalue weighted by Crippen LogP contribution is -1.97. The van der Waals surface area contributed by atoms with Crippen LogP contribution in [0.4, 0.5) is 0 Å². The van der Waals surface area contributed by atoms with E-state index in [0.717, 1.165) is 15.9 Å². The summed E-state index contributed by atoms with van der Waals surface area (Å²) in [6.07, 6.45) is 3.66. The standard InChI is InChI=1S/C19H19N3S2/c1-13(2)19-21-9-7-18(22-19)24-16-11-14(3)10-15(12-16)23-17-6-4-5-8-20-17/h4-13H,1-3H3. The lowest BCUT2D eigenvalue weighted by atomic mass is 10.2. The van der Waals surface area contributed by atoms with Gasteiger partial charge in [-0.05, 0) is 48.9 Å². The molecular weight excluding hydrogens is 334 g/mol. The Morgan fingerprint density at radius 3 is 2.25 bits per heavy atom. The summed E-state index contributed by atoms with van der Waals surface area (Å²) in [6.45, 7) is 6.34. The molecule has 3 rings (SSSR count). The number of pyridine rings is 1. The molecule has 2 aromatic heterocycles. The van der Waals surface area contributed by atoms with Crippen molar-refractivity contribution in [3.8, 4) is 0 Å². The molecule has 0 atom stereocenters. The van der Waals surface area contributed by atoms with E-state index >= 15 is 0 Å². The Kier molecular flexibility index (Phi) is 5.53. The van der Waals surface area contributed by atoms with E-state index in [1.807, 2.05) is 36.7 Å². The molecule has 0 spiro atoms. The van der Waals surface area contributed by atoms with Crippen molar-refractivity contribution < 1.29 is 0 Å². The zero-order valence-corrected chi connectivity index (χ0v) is 15.6. The third kappa shape index (κ3) is 4.58. The Morgan fingerprint density at radius 1 is 0.833 bits per heavy atom. The normalized spacial score (nSPS) is 11.0. The number of nitrogens with zero attached hydrogens (tertiary/aromatic N) is 3. The Hall–Kier alpha value is -1.85. The predicted octanol–water partition coefficient (Wildman–Crippen LogP) is 5.61. The molecular formula is C19H19N3S2. The van der Waals surface area contributed by atoms with Gasteiger partial charge in [0.15, 0.2) is 0 Å². The lowest BCUT2D eigenvalue weighted by molar-refractivity contribution is 0.753. The van der Waals surface area contributed by atoms with Crippen molar-refractivity contribution in [1.29, 1.82) is 0 Å². The largest absolute Gasteiger partial charge is 0.250 e. The zero-order valence-electron chi connectivity index (χ0n) is 13.9. The lowest BCUT2D eigenvalue weighted by Gasteiger charge is -2.08. The van der Waals surface area contributed by atoms with Gasteiger partial charge in [-0.2, -0.15) is 0 Å². The van der Waals surface area contributed by atoms with Crippen molar-refractivity contribution >= 4 is 23.5 Å². The van der Waals surface area contributed by atoms with Gasteiger partial charge in [0.2, 0.25) is 0 Å². The molecule has 122 valence electrons. The molecule has 0 radical (unpaired) electrons. The quantitative estimate of drug-likeness (QED) is 0.558. The summed E-state index contributed by atoms with van der Waals surface area (Å²) >= 11 is 3.35. The molecule has 0 aliphatic carbocycles. The first kappa shape index (κ1) is 17.0. The Balaban J connectivity index is 1.82. The summed E-state index contributed by atoms with van der Waals surface area (Å²) in [5.41, 5.74) is 1.23. The molecule has 1 aromatic carbocycles. The highest BCUT2D eigenvalue weighted by Crippen LogP contribution is 2.33. The van der Waals surface area contributed by atoms with Crippen LogP contribution >= 0.6 is 23.5 Å². The molecule has 0 aliphatic heterocycles. The van der Waals surface area contributed by atoms with Gasteiger partial charge in [0.25, 0.3) is 0 Å². The average Bonchev–Trinajstić information content (AvgIpc) is 2.55. The summed E-state index contributed by atoms with van der Waals surface area (Å²) in [6, 6.07) is 14.5. The first-order chi connectivity index (χ1) is 11.6. The Labute approximate surface area is 151 Å². The first-order valence-corrected chi connectivity index (χ1v) is 9.45. The van der Waals surface area contributed by atoms with Crippen LogP contribution in [0.25, 0.3) is 0 Å². The molecule has 3 nitrogen and oxygen atoms in total. The van der Waals surface area contributed by atoms with Crippen LogP contribution in [0.2, 0.25) is 0 Å². The number of aryl methyl sites for hydroxylation is 1. The van der Waals surface area contributed by atoms with E-state index in [0.29, 0.717) is 5.92 Å². The minimum absolute atomic E-state index is 0.332. The van der Waals surface area contributed by atoms with Crippen LogP contribution in [0.5, 0.6) is 0 Å². The van der Waals surface area contributed by atoms with Crippen molar-refractivity contribution in [3.05, 3.63) is 66.2 Å². The van der Waals surface area contributed by atoms with Gasteiger partial charge in [-0.3, -0.25) is 0 Å². The number of rotatable bonds is 5. The fourth-order valence-electron chi connectivity index (χ4n) is 2.17. The molecule has 3 aromatic rings. The summed E-state index contributed by atoms with van der Waals surface area (Å²) in [5.74, 6) is 1.22. The zero-order chi connectivity index (χ0) is 16.9. The van der Waals surface area contributed by atoms with Gasteiger partial charge in [-0.1, -0.05) is 43.4 Å². The smallest absolute Gasteiger partial charge is 0.132 e. The van der Waals surface area contributed by atoms with Gasteiger partial charge in [0.05, 0.1) is 0 Å². The van der Waals surface area contributed by atoms with Crippen LogP contribution in [0, 0.1) is 6.92 Å². The molecule has 24 heavy (non-hydrogen) atoms. The third-order valence-corrected chi connectivity index (χ3v) is 5.10. The van der Waals surface area contributed by atoms with Crippen molar-refractivity contribution in [1.82, 2.24) is 15.0 Å². The van der Waals surface area contributed by atoms with Crippen molar-refractivity contribution in [2.45, 2.75) is 46.5 Å². The van der Waals surface area contributed by atoms with E-state index in [2.05, 4.69) is 53.9 Å². The second kappa shape index (κ2) is 7.81. The van der Waals surface area contributed by atoms with Crippen LogP contribution in [-0.2, 0) is 0 Å². The molecule has 0 N–H and O–H groups in total. The van der Waals surface area contributed by atoms with Crippen molar-refractivity contribution in [2.24, 2.45) is 0 Å². The molecule has 0 saturated heterocycles. The van der Waals surface area contributed by atoms with Gasteiger partial charge in [-0.25, -0.2) is 15.0 Å². The Bertz CT molecular complexity index is 820. The molecule has 0 saturated carbocycles. The van der Waals surface area contributed by atoms with Gasteiger partial charge in [0, 0.05) is 28.1 Å². The minimum atomic E-state index is 0.332. The maximum Gasteiger partial charge on any atom is 0.132 e. The summed E-state index contributed by atoms with van der Waals surface area (Å²) in [4.78, 5) is 15.7. The van der Waals surface area contributed by atoms with Crippen LogP contribution < -0.4 is 0 Å². The molecule has 0 bridgehead atoms. The van der Waals surface area contributed by atoms with E-state index in [1.165, 1.54) is 15.4 Å².